The Morgan fingerprint density at radius 1 is 1.04 bits per heavy atom. The van der Waals surface area contributed by atoms with Crippen molar-refractivity contribution in [3.05, 3.63) is 66.5 Å². The van der Waals surface area contributed by atoms with Gasteiger partial charge < -0.3 is 19.2 Å². The van der Waals surface area contributed by atoms with E-state index in [2.05, 4.69) is 9.88 Å². The molecular weight excluding hydrogens is 326 g/mol. The number of aromatic nitrogens is 2. The second-order valence-corrected chi connectivity index (χ2v) is 6.37. The lowest BCUT2D eigenvalue weighted by molar-refractivity contribution is 0.102. The third kappa shape index (κ3) is 2.76. The predicted octanol–water partition coefficient (Wildman–Crippen LogP) is 4.03. The van der Waals surface area contributed by atoms with Gasteiger partial charge in [-0.2, -0.15) is 0 Å². The Hall–Kier alpha value is -3.05. The van der Waals surface area contributed by atoms with Crippen molar-refractivity contribution in [1.29, 1.82) is 0 Å². The number of carbonyl (C=O) groups excluding carboxylic acids is 1. The number of ether oxygens (including phenoxy) is 1. The molecule has 26 heavy (non-hydrogen) atoms. The van der Waals surface area contributed by atoms with Crippen molar-refractivity contribution in [1.82, 2.24) is 9.13 Å². The average Bonchev–Trinajstić information content (AvgIpc) is 3.22. The molecule has 4 aromatic rings. The summed E-state index contributed by atoms with van der Waals surface area (Å²) in [4.78, 5) is 13.0. The van der Waals surface area contributed by atoms with Gasteiger partial charge in [0.2, 0.25) is 0 Å². The van der Waals surface area contributed by atoms with E-state index in [1.165, 1.54) is 0 Å². The van der Waals surface area contributed by atoms with Crippen LogP contribution in [0.15, 0.2) is 60.9 Å². The van der Waals surface area contributed by atoms with Crippen molar-refractivity contribution in [2.45, 2.75) is 6.54 Å². The molecule has 0 aliphatic rings. The topological polar surface area (TPSA) is 48.2 Å². The summed E-state index contributed by atoms with van der Waals surface area (Å²) in [5.41, 5.74) is 3.62. The monoisotopic (exact) mass is 347 g/mol. The van der Waals surface area contributed by atoms with Crippen LogP contribution in [0.2, 0.25) is 0 Å². The molecule has 0 bridgehead atoms. The molecule has 0 fully saturated rings. The number of para-hydroxylation sites is 1. The number of hydrogen-bond donors (Lipinski definition) is 1. The van der Waals surface area contributed by atoms with Gasteiger partial charge in [0.05, 0.1) is 17.9 Å². The molecule has 4 rings (SSSR count). The number of nitrogens with zero attached hydrogens (tertiary/aromatic N) is 2. The third-order valence-corrected chi connectivity index (χ3v) is 4.75. The minimum Gasteiger partial charge on any atom is -0.383 e. The Morgan fingerprint density at radius 3 is 2.69 bits per heavy atom. The van der Waals surface area contributed by atoms with Gasteiger partial charge >= 0.3 is 0 Å². The number of anilines is 1. The van der Waals surface area contributed by atoms with Crippen LogP contribution in [0.1, 0.15) is 10.4 Å². The van der Waals surface area contributed by atoms with E-state index in [-0.39, 0.29) is 5.91 Å². The fourth-order valence-corrected chi connectivity index (χ4v) is 3.40. The molecular formula is C21H21N3O2. The van der Waals surface area contributed by atoms with Crippen LogP contribution in [0.25, 0.3) is 21.8 Å². The smallest absolute Gasteiger partial charge is 0.257 e. The molecule has 132 valence electrons. The Bertz CT molecular complexity index is 1090. The number of methoxy groups -OCH3 is 1. The number of aryl methyl sites for hydroxylation is 1. The number of rotatable bonds is 5. The molecule has 5 heteroatoms. The number of hydrogen-bond acceptors (Lipinski definition) is 2. The van der Waals surface area contributed by atoms with Crippen LogP contribution in [0.4, 0.5) is 5.69 Å². The molecule has 5 nitrogen and oxygen atoms in total. The highest BCUT2D eigenvalue weighted by Gasteiger charge is 2.16. The first-order valence-corrected chi connectivity index (χ1v) is 8.61. The highest BCUT2D eigenvalue weighted by atomic mass is 16.5. The average molecular weight is 347 g/mol. The standard InChI is InChI=1S/C21H21N3O2/c1-23-11-10-16-18(7-5-9-19(16)23)22-21(25)17-14-24(12-13-26-2)20-8-4-3-6-15(17)20/h3-11,14H,12-13H2,1-2H3,(H,22,25). The Labute approximate surface area is 151 Å². The zero-order chi connectivity index (χ0) is 18.1. The van der Waals surface area contributed by atoms with Gasteiger partial charge in [-0.25, -0.2) is 0 Å². The molecule has 0 saturated heterocycles. The molecule has 0 spiro atoms. The quantitative estimate of drug-likeness (QED) is 0.592. The summed E-state index contributed by atoms with van der Waals surface area (Å²) in [6, 6.07) is 15.9. The van der Waals surface area contributed by atoms with Gasteiger partial charge in [-0.15, -0.1) is 0 Å². The van der Waals surface area contributed by atoms with Crippen LogP contribution in [-0.4, -0.2) is 28.8 Å². The largest absolute Gasteiger partial charge is 0.383 e. The summed E-state index contributed by atoms with van der Waals surface area (Å²) in [7, 11) is 3.68. The molecule has 0 aliphatic carbocycles. The number of carbonyl (C=O) groups is 1. The van der Waals surface area contributed by atoms with Gasteiger partial charge in [0, 0.05) is 54.9 Å². The highest BCUT2D eigenvalue weighted by molar-refractivity contribution is 6.15. The lowest BCUT2D eigenvalue weighted by Gasteiger charge is -2.07. The number of fused-ring (bicyclic) bond motifs is 2. The molecule has 1 amide bonds. The van der Waals surface area contributed by atoms with Crippen molar-refractivity contribution >= 4 is 33.4 Å². The van der Waals surface area contributed by atoms with Crippen molar-refractivity contribution in [3.63, 3.8) is 0 Å². The van der Waals surface area contributed by atoms with Gasteiger partial charge in [-0.1, -0.05) is 24.3 Å². The van der Waals surface area contributed by atoms with E-state index in [0.29, 0.717) is 18.7 Å². The molecule has 0 saturated carbocycles. The van der Waals surface area contributed by atoms with E-state index in [1.54, 1.807) is 7.11 Å². The maximum atomic E-state index is 13.0. The minimum absolute atomic E-state index is 0.103. The fourth-order valence-electron chi connectivity index (χ4n) is 3.40. The Balaban J connectivity index is 1.72. The first-order chi connectivity index (χ1) is 12.7. The number of benzene rings is 2. The first kappa shape index (κ1) is 16.4. The normalized spacial score (nSPS) is 11.3. The van der Waals surface area contributed by atoms with Crippen LogP contribution in [0.5, 0.6) is 0 Å². The van der Waals surface area contributed by atoms with Gasteiger partial charge in [0.1, 0.15) is 0 Å². The van der Waals surface area contributed by atoms with E-state index in [4.69, 9.17) is 4.74 Å². The van der Waals surface area contributed by atoms with E-state index in [9.17, 15) is 4.79 Å². The second-order valence-electron chi connectivity index (χ2n) is 6.37. The maximum Gasteiger partial charge on any atom is 0.257 e. The molecule has 2 aromatic carbocycles. The van der Waals surface area contributed by atoms with Crippen molar-refractivity contribution in [3.8, 4) is 0 Å². The maximum absolute atomic E-state index is 13.0. The zero-order valence-electron chi connectivity index (χ0n) is 14.9. The zero-order valence-corrected chi connectivity index (χ0v) is 14.9. The highest BCUT2D eigenvalue weighted by Crippen LogP contribution is 2.26. The number of amides is 1. The third-order valence-electron chi connectivity index (χ3n) is 4.75. The molecule has 0 atom stereocenters. The summed E-state index contributed by atoms with van der Waals surface area (Å²) in [6.45, 7) is 1.31. The second kappa shape index (κ2) is 6.69. The molecule has 0 aliphatic heterocycles. The van der Waals surface area contributed by atoms with Crippen molar-refractivity contribution in [2.75, 3.05) is 19.0 Å². The Morgan fingerprint density at radius 2 is 1.85 bits per heavy atom. The summed E-state index contributed by atoms with van der Waals surface area (Å²) < 4.78 is 9.30. The summed E-state index contributed by atoms with van der Waals surface area (Å²) in [6.07, 6.45) is 3.90. The Kier molecular flexibility index (Phi) is 4.22. The fraction of sp³-hybridized carbons (Fsp3) is 0.190. The summed E-state index contributed by atoms with van der Waals surface area (Å²) in [5.74, 6) is -0.103. The number of nitrogens with one attached hydrogen (secondary N) is 1. The predicted molar refractivity (Wildman–Crippen MR) is 105 cm³/mol. The first-order valence-electron chi connectivity index (χ1n) is 8.61. The van der Waals surface area contributed by atoms with Crippen LogP contribution < -0.4 is 5.32 Å². The molecule has 0 radical (unpaired) electrons. The molecule has 2 aromatic heterocycles. The van der Waals surface area contributed by atoms with Crippen molar-refractivity contribution < 1.29 is 9.53 Å². The SMILES string of the molecule is COCCn1cc(C(=O)Nc2cccc3c2ccn3C)c2ccccc21. The molecule has 1 N–H and O–H groups in total. The van der Waals surface area contributed by atoms with E-state index >= 15 is 0 Å². The summed E-state index contributed by atoms with van der Waals surface area (Å²) >= 11 is 0. The lowest BCUT2D eigenvalue weighted by atomic mass is 10.1. The van der Waals surface area contributed by atoms with Crippen LogP contribution >= 0.6 is 0 Å². The lowest BCUT2D eigenvalue weighted by Crippen LogP contribution is -2.12. The van der Waals surface area contributed by atoms with Gasteiger partial charge in [-0.3, -0.25) is 4.79 Å². The van der Waals surface area contributed by atoms with Gasteiger partial charge in [0.25, 0.3) is 5.91 Å². The molecule has 2 heterocycles. The van der Waals surface area contributed by atoms with Gasteiger partial charge in [-0.05, 0) is 24.3 Å². The van der Waals surface area contributed by atoms with Crippen LogP contribution in [-0.2, 0) is 18.3 Å². The summed E-state index contributed by atoms with van der Waals surface area (Å²) in [5, 5.41) is 5.06. The minimum atomic E-state index is -0.103. The van der Waals surface area contributed by atoms with E-state index in [1.807, 2.05) is 72.5 Å². The van der Waals surface area contributed by atoms with Crippen LogP contribution in [0.3, 0.4) is 0 Å². The van der Waals surface area contributed by atoms with E-state index in [0.717, 1.165) is 27.5 Å². The van der Waals surface area contributed by atoms with Crippen molar-refractivity contribution in [2.24, 2.45) is 7.05 Å². The van der Waals surface area contributed by atoms with Gasteiger partial charge in [0.15, 0.2) is 0 Å². The molecule has 0 unspecified atom stereocenters. The van der Waals surface area contributed by atoms with E-state index < -0.39 is 0 Å². The van der Waals surface area contributed by atoms with Crippen LogP contribution in [0, 0.1) is 0 Å².